The molecule has 0 aromatic rings. The van der Waals surface area contributed by atoms with Crippen LogP contribution < -0.4 is 5.32 Å². The number of hydrogen-bond acceptors (Lipinski definition) is 4. The van der Waals surface area contributed by atoms with Gasteiger partial charge in [-0.25, -0.2) is 0 Å². The van der Waals surface area contributed by atoms with E-state index in [1.54, 1.807) is 0 Å². The Morgan fingerprint density at radius 3 is 2.37 bits per heavy atom. The third-order valence-corrected chi connectivity index (χ3v) is 4.22. The summed E-state index contributed by atoms with van der Waals surface area (Å²) in [7, 11) is -1.14. The van der Waals surface area contributed by atoms with Crippen LogP contribution in [0.3, 0.4) is 0 Å². The van der Waals surface area contributed by atoms with E-state index in [1.165, 1.54) is 6.92 Å². The molecule has 1 amide bonds. The first-order chi connectivity index (χ1) is 8.62. The number of hydrogen-bond donors (Lipinski definition) is 1. The minimum atomic E-state index is -1.14. The number of esters is 1. The van der Waals surface area contributed by atoms with Crippen molar-refractivity contribution in [2.24, 2.45) is 17.3 Å². The average Bonchev–Trinajstić information content (AvgIpc) is 2.20. The van der Waals surface area contributed by atoms with Crippen LogP contribution in [0.15, 0.2) is 0 Å². The first-order valence-electron chi connectivity index (χ1n) is 6.72. The van der Waals surface area contributed by atoms with Crippen molar-refractivity contribution in [1.29, 1.82) is 0 Å². The van der Waals surface area contributed by atoms with Gasteiger partial charge in [0, 0.05) is 19.4 Å². The summed E-state index contributed by atoms with van der Waals surface area (Å²) in [6, 6.07) is 0. The molecule has 1 aliphatic heterocycles. The van der Waals surface area contributed by atoms with Gasteiger partial charge in [0.1, 0.15) is 0 Å². The van der Waals surface area contributed by atoms with Gasteiger partial charge < -0.3 is 14.5 Å². The standard InChI is InChI=1S/C13H25NO4Si/c1-8(15)18-12-10(11(16)14-12)9(13(2,3)4)7-17-19(5)6/h9-10,12,19H,7H2,1-6H3,(H,14,16). The van der Waals surface area contributed by atoms with Crippen molar-refractivity contribution < 1.29 is 18.8 Å². The van der Waals surface area contributed by atoms with Gasteiger partial charge in [-0.1, -0.05) is 20.8 Å². The fourth-order valence-corrected chi connectivity index (χ4v) is 2.82. The monoisotopic (exact) mass is 287 g/mol. The molecule has 0 spiro atoms. The molecule has 0 saturated carbocycles. The van der Waals surface area contributed by atoms with E-state index in [0.717, 1.165) is 0 Å². The second-order valence-corrected chi connectivity index (χ2v) is 8.85. The Morgan fingerprint density at radius 2 is 2.00 bits per heavy atom. The van der Waals surface area contributed by atoms with E-state index in [1.807, 2.05) is 0 Å². The molecule has 19 heavy (non-hydrogen) atoms. The van der Waals surface area contributed by atoms with Crippen molar-refractivity contribution in [3.63, 3.8) is 0 Å². The highest BCUT2D eigenvalue weighted by Crippen LogP contribution is 2.38. The molecule has 0 radical (unpaired) electrons. The van der Waals surface area contributed by atoms with E-state index in [0.29, 0.717) is 6.61 Å². The van der Waals surface area contributed by atoms with E-state index < -0.39 is 15.3 Å². The van der Waals surface area contributed by atoms with Gasteiger partial charge in [0.15, 0.2) is 15.3 Å². The Hall–Kier alpha value is -0.883. The molecule has 1 fully saturated rings. The van der Waals surface area contributed by atoms with Crippen molar-refractivity contribution in [3.8, 4) is 0 Å². The summed E-state index contributed by atoms with van der Waals surface area (Å²) in [5.41, 5.74) is -0.0793. The molecule has 0 bridgehead atoms. The zero-order valence-corrected chi connectivity index (χ0v) is 13.8. The lowest BCUT2D eigenvalue weighted by molar-refractivity contribution is -0.175. The van der Waals surface area contributed by atoms with Crippen molar-refractivity contribution in [1.82, 2.24) is 5.32 Å². The van der Waals surface area contributed by atoms with E-state index in [9.17, 15) is 9.59 Å². The van der Waals surface area contributed by atoms with Gasteiger partial charge in [-0.3, -0.25) is 9.59 Å². The van der Waals surface area contributed by atoms with Crippen LogP contribution in [0.5, 0.6) is 0 Å². The van der Waals surface area contributed by atoms with Crippen LogP contribution in [0.25, 0.3) is 0 Å². The topological polar surface area (TPSA) is 64.6 Å². The van der Waals surface area contributed by atoms with Crippen LogP contribution >= 0.6 is 0 Å². The predicted molar refractivity (Wildman–Crippen MR) is 75.0 cm³/mol. The van der Waals surface area contributed by atoms with Gasteiger partial charge >= 0.3 is 5.97 Å². The Balaban J connectivity index is 2.78. The van der Waals surface area contributed by atoms with E-state index in [-0.39, 0.29) is 29.1 Å². The largest absolute Gasteiger partial charge is 0.441 e. The fraction of sp³-hybridized carbons (Fsp3) is 0.846. The molecular formula is C13H25NO4Si. The van der Waals surface area contributed by atoms with Gasteiger partial charge in [0.25, 0.3) is 0 Å². The quantitative estimate of drug-likeness (QED) is 0.470. The van der Waals surface area contributed by atoms with E-state index in [4.69, 9.17) is 9.16 Å². The third-order valence-electron chi connectivity index (χ3n) is 3.36. The Bertz CT molecular complexity index is 351. The lowest BCUT2D eigenvalue weighted by atomic mass is 9.70. The van der Waals surface area contributed by atoms with Crippen molar-refractivity contribution >= 4 is 20.9 Å². The molecule has 1 N–H and O–H groups in total. The summed E-state index contributed by atoms with van der Waals surface area (Å²) >= 11 is 0. The maximum Gasteiger partial charge on any atom is 0.304 e. The summed E-state index contributed by atoms with van der Waals surface area (Å²) in [5, 5.41) is 2.64. The van der Waals surface area contributed by atoms with Gasteiger partial charge in [-0.15, -0.1) is 0 Å². The molecule has 5 nitrogen and oxygen atoms in total. The highest BCUT2D eigenvalue weighted by molar-refractivity contribution is 6.48. The fourth-order valence-electron chi connectivity index (χ4n) is 2.23. The Kier molecular flexibility index (Phi) is 5.15. The molecule has 6 heteroatoms. The molecule has 1 heterocycles. The smallest absolute Gasteiger partial charge is 0.304 e. The van der Waals surface area contributed by atoms with Crippen LogP contribution in [-0.4, -0.2) is 33.8 Å². The van der Waals surface area contributed by atoms with Crippen molar-refractivity contribution in [2.75, 3.05) is 6.61 Å². The number of β-lactam (4-membered cyclic amide) rings is 1. The summed E-state index contributed by atoms with van der Waals surface area (Å²) in [6.45, 7) is 12.3. The number of amides is 1. The molecular weight excluding hydrogens is 262 g/mol. The van der Waals surface area contributed by atoms with Crippen molar-refractivity contribution in [3.05, 3.63) is 0 Å². The lowest BCUT2D eigenvalue weighted by Gasteiger charge is -2.45. The van der Waals surface area contributed by atoms with Gasteiger partial charge in [-0.05, 0) is 18.5 Å². The molecule has 0 aromatic carbocycles. The highest BCUT2D eigenvalue weighted by Gasteiger charge is 2.50. The zero-order valence-electron chi connectivity index (χ0n) is 12.6. The molecule has 110 valence electrons. The van der Waals surface area contributed by atoms with E-state index in [2.05, 4.69) is 39.2 Å². The number of ether oxygens (including phenoxy) is 1. The average molecular weight is 287 g/mol. The highest BCUT2D eigenvalue weighted by atomic mass is 28.3. The molecule has 0 aromatic heterocycles. The molecule has 1 rings (SSSR count). The maximum atomic E-state index is 11.8. The summed E-state index contributed by atoms with van der Waals surface area (Å²) in [4.78, 5) is 22.8. The maximum absolute atomic E-state index is 11.8. The second-order valence-electron chi connectivity index (χ2n) is 6.42. The SMILES string of the molecule is CC(=O)OC1NC(=O)C1C(CO[SiH](C)C)C(C)(C)C. The van der Waals surface area contributed by atoms with Crippen molar-refractivity contribution in [2.45, 2.75) is 47.0 Å². The lowest BCUT2D eigenvalue weighted by Crippen LogP contribution is -2.64. The molecule has 3 atom stereocenters. The summed E-state index contributed by atoms with van der Waals surface area (Å²) < 4.78 is 10.9. The Labute approximate surface area is 116 Å². The van der Waals surface area contributed by atoms with Gasteiger partial charge in [0.05, 0.1) is 5.92 Å². The molecule has 1 aliphatic rings. The second kappa shape index (κ2) is 6.05. The molecule has 1 saturated heterocycles. The number of nitrogens with one attached hydrogen (secondary N) is 1. The van der Waals surface area contributed by atoms with Crippen LogP contribution in [0.4, 0.5) is 0 Å². The minimum Gasteiger partial charge on any atom is -0.441 e. The summed E-state index contributed by atoms with van der Waals surface area (Å²) in [5.74, 6) is -0.695. The van der Waals surface area contributed by atoms with Gasteiger partial charge in [0.2, 0.25) is 5.91 Å². The normalized spacial score (nSPS) is 24.7. The number of carbonyl (C=O) groups is 2. The van der Waals surface area contributed by atoms with E-state index >= 15 is 0 Å². The Morgan fingerprint density at radius 1 is 1.42 bits per heavy atom. The molecule has 0 aliphatic carbocycles. The number of carbonyl (C=O) groups excluding carboxylic acids is 2. The van der Waals surface area contributed by atoms with Crippen LogP contribution in [0.2, 0.25) is 13.1 Å². The van der Waals surface area contributed by atoms with Gasteiger partial charge in [-0.2, -0.15) is 0 Å². The van der Waals surface area contributed by atoms with Crippen LogP contribution in [0.1, 0.15) is 27.7 Å². The first-order valence-corrected chi connectivity index (χ1v) is 9.50. The summed E-state index contributed by atoms with van der Waals surface area (Å²) in [6.07, 6.45) is -0.508. The zero-order chi connectivity index (χ0) is 14.8. The van der Waals surface area contributed by atoms with Crippen LogP contribution in [-0.2, 0) is 18.8 Å². The first kappa shape index (κ1) is 16.2. The minimum absolute atomic E-state index is 0.0421. The third kappa shape index (κ3) is 4.31. The van der Waals surface area contributed by atoms with Crippen LogP contribution in [0, 0.1) is 17.3 Å². The number of rotatable bonds is 5. The molecule has 3 unspecified atom stereocenters. The predicted octanol–water partition coefficient (Wildman–Crippen LogP) is 1.28.